The van der Waals surface area contributed by atoms with Crippen LogP contribution in [0.3, 0.4) is 0 Å². The zero-order valence-corrected chi connectivity index (χ0v) is 11.7. The maximum Gasteiger partial charge on any atom is 0.197 e. The van der Waals surface area contributed by atoms with Gasteiger partial charge in [0, 0.05) is 4.47 Å². The van der Waals surface area contributed by atoms with Gasteiger partial charge in [0.25, 0.3) is 0 Å². The number of rotatable bonds is 4. The molecule has 0 spiro atoms. The van der Waals surface area contributed by atoms with E-state index in [2.05, 4.69) is 15.9 Å². The van der Waals surface area contributed by atoms with Crippen molar-refractivity contribution < 1.29 is 19.0 Å². The molecular weight excluding hydrogens is 300 g/mol. The van der Waals surface area contributed by atoms with Gasteiger partial charge in [0.05, 0.1) is 32.0 Å². The topological polar surface area (TPSA) is 44.8 Å². The number of Topliss-reactive ketones (excluding diaryl/α,β-unsaturated/α-hetero) is 1. The minimum absolute atomic E-state index is 0.0977. The standard InChI is InChI=1S/C13H15BrO4/c1-2-17-11-4-3-9(14)7-10(11)13(15)12-8-16-5-6-18-12/h3-4,7,12H,2,5-6,8H2,1H3. The van der Waals surface area contributed by atoms with E-state index in [9.17, 15) is 4.79 Å². The molecule has 0 aromatic heterocycles. The summed E-state index contributed by atoms with van der Waals surface area (Å²) in [6, 6.07) is 5.38. The predicted molar refractivity (Wildman–Crippen MR) is 70.2 cm³/mol. The van der Waals surface area contributed by atoms with Crippen molar-refractivity contribution in [1.82, 2.24) is 0 Å². The van der Waals surface area contributed by atoms with Crippen molar-refractivity contribution in [2.75, 3.05) is 26.4 Å². The van der Waals surface area contributed by atoms with Crippen LogP contribution in [0.15, 0.2) is 22.7 Å². The number of carbonyl (C=O) groups is 1. The molecule has 0 radical (unpaired) electrons. The summed E-state index contributed by atoms with van der Waals surface area (Å²) in [4.78, 5) is 12.3. The smallest absolute Gasteiger partial charge is 0.197 e. The largest absolute Gasteiger partial charge is 0.493 e. The van der Waals surface area contributed by atoms with Crippen molar-refractivity contribution in [1.29, 1.82) is 0 Å². The number of carbonyl (C=O) groups excluding carboxylic acids is 1. The molecule has 1 saturated heterocycles. The van der Waals surface area contributed by atoms with E-state index in [-0.39, 0.29) is 5.78 Å². The summed E-state index contributed by atoms with van der Waals surface area (Å²) < 4.78 is 17.0. The van der Waals surface area contributed by atoms with Crippen LogP contribution in [0.5, 0.6) is 5.75 Å². The molecular formula is C13H15BrO4. The molecule has 1 atom stereocenters. The van der Waals surface area contributed by atoms with E-state index in [0.29, 0.717) is 37.7 Å². The molecule has 2 rings (SSSR count). The third-order valence-corrected chi connectivity index (χ3v) is 3.11. The van der Waals surface area contributed by atoms with Crippen molar-refractivity contribution in [3.8, 4) is 5.75 Å². The second kappa shape index (κ2) is 6.31. The number of ketones is 1. The predicted octanol–water partition coefficient (Wildman–Crippen LogP) is 2.45. The van der Waals surface area contributed by atoms with Gasteiger partial charge in [-0.1, -0.05) is 15.9 Å². The van der Waals surface area contributed by atoms with Crippen LogP contribution in [-0.4, -0.2) is 38.3 Å². The number of hydrogen-bond donors (Lipinski definition) is 0. The van der Waals surface area contributed by atoms with Gasteiger partial charge < -0.3 is 14.2 Å². The first-order valence-corrected chi connectivity index (χ1v) is 6.67. The lowest BCUT2D eigenvalue weighted by atomic mass is 10.1. The van der Waals surface area contributed by atoms with Crippen LogP contribution in [0.25, 0.3) is 0 Å². The van der Waals surface area contributed by atoms with E-state index in [1.165, 1.54) is 0 Å². The third-order valence-electron chi connectivity index (χ3n) is 2.62. The van der Waals surface area contributed by atoms with Crippen LogP contribution in [0.1, 0.15) is 17.3 Å². The Kier molecular flexibility index (Phi) is 4.74. The summed E-state index contributed by atoms with van der Waals surface area (Å²) >= 11 is 3.36. The Balaban J connectivity index is 2.24. The zero-order chi connectivity index (χ0) is 13.0. The number of halogens is 1. The molecule has 1 heterocycles. The Morgan fingerprint density at radius 3 is 3.00 bits per heavy atom. The van der Waals surface area contributed by atoms with Gasteiger partial charge in [-0.3, -0.25) is 4.79 Å². The first-order valence-electron chi connectivity index (χ1n) is 5.88. The van der Waals surface area contributed by atoms with E-state index in [0.717, 1.165) is 4.47 Å². The Morgan fingerprint density at radius 2 is 2.33 bits per heavy atom. The van der Waals surface area contributed by atoms with E-state index in [4.69, 9.17) is 14.2 Å². The van der Waals surface area contributed by atoms with Crippen LogP contribution < -0.4 is 4.74 Å². The Bertz CT molecular complexity index is 427. The molecule has 4 nitrogen and oxygen atoms in total. The van der Waals surface area contributed by atoms with Crippen LogP contribution >= 0.6 is 15.9 Å². The molecule has 1 fully saturated rings. The molecule has 5 heteroatoms. The van der Waals surface area contributed by atoms with Gasteiger partial charge in [-0.2, -0.15) is 0 Å². The number of ether oxygens (including phenoxy) is 3. The summed E-state index contributed by atoms with van der Waals surface area (Å²) in [6.45, 7) is 3.70. The molecule has 98 valence electrons. The second-order valence-corrected chi connectivity index (χ2v) is 4.79. The lowest BCUT2D eigenvalue weighted by Crippen LogP contribution is -2.35. The third kappa shape index (κ3) is 3.10. The van der Waals surface area contributed by atoms with Gasteiger partial charge >= 0.3 is 0 Å². The molecule has 0 N–H and O–H groups in total. The molecule has 0 saturated carbocycles. The fourth-order valence-electron chi connectivity index (χ4n) is 1.79. The summed E-state index contributed by atoms with van der Waals surface area (Å²) in [7, 11) is 0. The highest BCUT2D eigenvalue weighted by Crippen LogP contribution is 2.25. The van der Waals surface area contributed by atoms with Crippen LogP contribution in [0, 0.1) is 0 Å². The van der Waals surface area contributed by atoms with Crippen molar-refractivity contribution in [3.63, 3.8) is 0 Å². The number of hydrogen-bond acceptors (Lipinski definition) is 4. The van der Waals surface area contributed by atoms with Gasteiger partial charge in [0.15, 0.2) is 5.78 Å². The molecule has 0 bridgehead atoms. The van der Waals surface area contributed by atoms with Crippen molar-refractivity contribution in [2.24, 2.45) is 0 Å². The van der Waals surface area contributed by atoms with Crippen LogP contribution in [0.2, 0.25) is 0 Å². The SMILES string of the molecule is CCOc1ccc(Br)cc1C(=O)C1COCCO1. The molecule has 1 aliphatic rings. The Labute approximate surface area is 114 Å². The van der Waals surface area contributed by atoms with Gasteiger partial charge in [-0.15, -0.1) is 0 Å². The molecule has 18 heavy (non-hydrogen) atoms. The van der Waals surface area contributed by atoms with E-state index < -0.39 is 6.10 Å². The van der Waals surface area contributed by atoms with Crippen LogP contribution in [0.4, 0.5) is 0 Å². The maximum absolute atomic E-state index is 12.3. The number of benzene rings is 1. The maximum atomic E-state index is 12.3. The summed E-state index contributed by atoms with van der Waals surface area (Å²) in [5.74, 6) is 0.485. The summed E-state index contributed by atoms with van der Waals surface area (Å²) in [5.41, 5.74) is 0.529. The van der Waals surface area contributed by atoms with Crippen molar-refractivity contribution in [2.45, 2.75) is 13.0 Å². The highest BCUT2D eigenvalue weighted by Gasteiger charge is 2.26. The lowest BCUT2D eigenvalue weighted by Gasteiger charge is -2.22. The fraction of sp³-hybridized carbons (Fsp3) is 0.462. The average molecular weight is 315 g/mol. The minimum atomic E-state index is -0.535. The van der Waals surface area contributed by atoms with E-state index in [1.807, 2.05) is 13.0 Å². The summed E-state index contributed by atoms with van der Waals surface area (Å²) in [6.07, 6.45) is -0.535. The minimum Gasteiger partial charge on any atom is -0.493 e. The Morgan fingerprint density at radius 1 is 1.50 bits per heavy atom. The molecule has 1 unspecified atom stereocenters. The molecule has 0 aliphatic carbocycles. The molecule has 1 aliphatic heterocycles. The summed E-state index contributed by atoms with van der Waals surface area (Å²) in [5, 5.41) is 0. The van der Waals surface area contributed by atoms with Crippen molar-refractivity contribution >= 4 is 21.7 Å². The highest BCUT2D eigenvalue weighted by molar-refractivity contribution is 9.10. The highest BCUT2D eigenvalue weighted by atomic mass is 79.9. The quantitative estimate of drug-likeness (QED) is 0.801. The monoisotopic (exact) mass is 314 g/mol. The first kappa shape index (κ1) is 13.5. The van der Waals surface area contributed by atoms with Crippen LogP contribution in [-0.2, 0) is 9.47 Å². The van der Waals surface area contributed by atoms with E-state index >= 15 is 0 Å². The molecule has 1 aromatic rings. The fourth-order valence-corrected chi connectivity index (χ4v) is 2.15. The first-order chi connectivity index (χ1) is 8.72. The zero-order valence-electron chi connectivity index (χ0n) is 10.1. The van der Waals surface area contributed by atoms with Gasteiger partial charge in [-0.05, 0) is 25.1 Å². The Hall–Kier alpha value is -0.910. The molecule has 0 amide bonds. The average Bonchev–Trinajstić information content (AvgIpc) is 2.41. The normalized spacial score (nSPS) is 19.6. The molecule has 1 aromatic carbocycles. The van der Waals surface area contributed by atoms with Crippen molar-refractivity contribution in [3.05, 3.63) is 28.2 Å². The lowest BCUT2D eigenvalue weighted by molar-refractivity contribution is -0.0719. The second-order valence-electron chi connectivity index (χ2n) is 3.87. The van der Waals surface area contributed by atoms with E-state index in [1.54, 1.807) is 12.1 Å². The van der Waals surface area contributed by atoms with Gasteiger partial charge in [0.1, 0.15) is 11.9 Å². The van der Waals surface area contributed by atoms with Gasteiger partial charge in [-0.25, -0.2) is 0 Å². The van der Waals surface area contributed by atoms with Gasteiger partial charge in [0.2, 0.25) is 0 Å².